The van der Waals surface area contributed by atoms with E-state index in [0.29, 0.717) is 24.0 Å². The Morgan fingerprint density at radius 1 is 1.21 bits per heavy atom. The Balaban J connectivity index is 1.99. The van der Waals surface area contributed by atoms with Gasteiger partial charge in [0, 0.05) is 12.6 Å². The van der Waals surface area contributed by atoms with Crippen LogP contribution in [0.2, 0.25) is 0 Å². The van der Waals surface area contributed by atoms with Gasteiger partial charge in [-0.1, -0.05) is 25.7 Å². The van der Waals surface area contributed by atoms with Crippen molar-refractivity contribution < 1.29 is 5.11 Å². The minimum atomic E-state index is -0.619. The van der Waals surface area contributed by atoms with Crippen molar-refractivity contribution in [2.45, 2.75) is 51.0 Å². The molecule has 0 aromatic carbocycles. The molecule has 6 heteroatoms. The summed E-state index contributed by atoms with van der Waals surface area (Å²) in [4.78, 5) is 8.42. The fraction of sp³-hybridized carbons (Fsp3) is 0.692. The zero-order chi connectivity index (χ0) is 13.7. The molecule has 6 nitrogen and oxygen atoms in total. The summed E-state index contributed by atoms with van der Waals surface area (Å²) in [5.41, 5.74) is 1.89. The Morgan fingerprint density at radius 3 is 2.47 bits per heavy atom. The third kappa shape index (κ3) is 4.04. The van der Waals surface area contributed by atoms with Gasteiger partial charge in [0.15, 0.2) is 0 Å². The standard InChI is InChI=1S/C13H23N5O/c1-10-16-11(8-12(17-10)18-14)15-9-13(19)6-4-2-3-5-7-13/h8,19H,2-7,9,14H2,1H3,(H2,15,16,17,18). The number of hydrogen-bond acceptors (Lipinski definition) is 6. The Morgan fingerprint density at radius 2 is 1.84 bits per heavy atom. The lowest BCUT2D eigenvalue weighted by Crippen LogP contribution is -2.36. The van der Waals surface area contributed by atoms with Gasteiger partial charge in [0.25, 0.3) is 0 Å². The van der Waals surface area contributed by atoms with E-state index in [-0.39, 0.29) is 0 Å². The third-order valence-corrected chi connectivity index (χ3v) is 3.62. The zero-order valence-corrected chi connectivity index (χ0v) is 11.4. The molecular weight excluding hydrogens is 242 g/mol. The second-order valence-electron chi connectivity index (χ2n) is 5.32. The van der Waals surface area contributed by atoms with E-state index in [1.807, 2.05) is 6.92 Å². The number of aromatic nitrogens is 2. The number of nitrogens with one attached hydrogen (secondary N) is 2. The van der Waals surface area contributed by atoms with Gasteiger partial charge in [-0.3, -0.25) is 0 Å². The summed E-state index contributed by atoms with van der Waals surface area (Å²) in [5.74, 6) is 7.26. The molecule has 0 atom stereocenters. The SMILES string of the molecule is Cc1nc(NN)cc(NCC2(O)CCCCCC2)n1. The van der Waals surface area contributed by atoms with Crippen LogP contribution in [-0.4, -0.2) is 27.2 Å². The lowest BCUT2D eigenvalue weighted by molar-refractivity contribution is 0.0380. The van der Waals surface area contributed by atoms with E-state index in [4.69, 9.17) is 5.84 Å². The highest BCUT2D eigenvalue weighted by Gasteiger charge is 2.27. The first-order chi connectivity index (χ1) is 9.11. The molecule has 1 aromatic heterocycles. The maximum Gasteiger partial charge on any atom is 0.145 e. The van der Waals surface area contributed by atoms with E-state index in [2.05, 4.69) is 20.7 Å². The molecule has 1 heterocycles. The van der Waals surface area contributed by atoms with Crippen LogP contribution in [-0.2, 0) is 0 Å². The van der Waals surface area contributed by atoms with Crippen LogP contribution in [0.4, 0.5) is 11.6 Å². The van der Waals surface area contributed by atoms with E-state index in [1.165, 1.54) is 12.8 Å². The first kappa shape index (κ1) is 14.0. The number of nitrogens with two attached hydrogens (primary N) is 1. The molecule has 1 aliphatic rings. The quantitative estimate of drug-likeness (QED) is 0.375. The number of rotatable bonds is 4. The van der Waals surface area contributed by atoms with Crippen LogP contribution in [0.15, 0.2) is 6.07 Å². The molecular formula is C13H23N5O. The van der Waals surface area contributed by atoms with Gasteiger partial charge in [-0.25, -0.2) is 15.8 Å². The largest absolute Gasteiger partial charge is 0.388 e. The molecule has 0 unspecified atom stereocenters. The van der Waals surface area contributed by atoms with Gasteiger partial charge < -0.3 is 15.8 Å². The highest BCUT2D eigenvalue weighted by Crippen LogP contribution is 2.27. The zero-order valence-electron chi connectivity index (χ0n) is 11.4. The molecule has 1 saturated carbocycles. The summed E-state index contributed by atoms with van der Waals surface area (Å²) in [6, 6.07) is 1.74. The smallest absolute Gasteiger partial charge is 0.145 e. The summed E-state index contributed by atoms with van der Waals surface area (Å²) in [6.07, 6.45) is 6.33. The lowest BCUT2D eigenvalue weighted by atomic mass is 9.94. The summed E-state index contributed by atoms with van der Waals surface area (Å²) >= 11 is 0. The summed E-state index contributed by atoms with van der Waals surface area (Å²) in [6.45, 7) is 2.33. The van der Waals surface area contributed by atoms with Gasteiger partial charge in [-0.2, -0.15) is 0 Å². The van der Waals surface area contributed by atoms with Crippen molar-refractivity contribution in [3.8, 4) is 0 Å². The number of aryl methyl sites for hydroxylation is 1. The number of hydrazine groups is 1. The molecule has 0 aliphatic heterocycles. The Hall–Kier alpha value is -1.40. The summed E-state index contributed by atoms with van der Waals surface area (Å²) < 4.78 is 0. The minimum absolute atomic E-state index is 0.521. The summed E-state index contributed by atoms with van der Waals surface area (Å²) in [7, 11) is 0. The predicted octanol–water partition coefficient (Wildman–Crippen LogP) is 1.57. The fourth-order valence-corrected chi connectivity index (χ4v) is 2.55. The van der Waals surface area contributed by atoms with E-state index in [9.17, 15) is 5.11 Å². The van der Waals surface area contributed by atoms with Crippen LogP contribution in [0.5, 0.6) is 0 Å². The molecule has 0 bridgehead atoms. The fourth-order valence-electron chi connectivity index (χ4n) is 2.55. The number of hydrogen-bond donors (Lipinski definition) is 4. The molecule has 1 aromatic rings. The van der Waals surface area contributed by atoms with Crippen molar-refractivity contribution in [1.82, 2.24) is 9.97 Å². The van der Waals surface area contributed by atoms with Crippen molar-refractivity contribution in [2.75, 3.05) is 17.3 Å². The van der Waals surface area contributed by atoms with Crippen LogP contribution >= 0.6 is 0 Å². The Labute approximate surface area is 113 Å². The molecule has 2 rings (SSSR count). The maximum atomic E-state index is 10.6. The minimum Gasteiger partial charge on any atom is -0.388 e. The molecule has 0 saturated heterocycles. The highest BCUT2D eigenvalue weighted by molar-refractivity contribution is 5.46. The van der Waals surface area contributed by atoms with Crippen molar-refractivity contribution in [3.05, 3.63) is 11.9 Å². The number of nitrogens with zero attached hydrogens (tertiary/aromatic N) is 2. The molecule has 5 N–H and O–H groups in total. The molecule has 0 amide bonds. The average Bonchev–Trinajstić information content (AvgIpc) is 2.61. The number of anilines is 2. The third-order valence-electron chi connectivity index (χ3n) is 3.62. The van der Waals surface area contributed by atoms with Gasteiger partial charge in [-0.05, 0) is 19.8 Å². The molecule has 19 heavy (non-hydrogen) atoms. The van der Waals surface area contributed by atoms with Crippen LogP contribution in [0.3, 0.4) is 0 Å². The van der Waals surface area contributed by atoms with E-state index in [1.54, 1.807) is 6.07 Å². The first-order valence-corrected chi connectivity index (χ1v) is 6.90. The van der Waals surface area contributed by atoms with Crippen molar-refractivity contribution in [3.63, 3.8) is 0 Å². The monoisotopic (exact) mass is 265 g/mol. The topological polar surface area (TPSA) is 96.1 Å². The van der Waals surface area contributed by atoms with Crippen molar-refractivity contribution >= 4 is 11.6 Å². The molecule has 1 aliphatic carbocycles. The van der Waals surface area contributed by atoms with Crippen molar-refractivity contribution in [2.24, 2.45) is 5.84 Å². The Kier molecular flexibility index (Phi) is 4.55. The van der Waals surface area contributed by atoms with Crippen LogP contribution in [0.25, 0.3) is 0 Å². The van der Waals surface area contributed by atoms with Crippen LogP contribution < -0.4 is 16.6 Å². The first-order valence-electron chi connectivity index (χ1n) is 6.90. The highest BCUT2D eigenvalue weighted by atomic mass is 16.3. The van der Waals surface area contributed by atoms with Gasteiger partial charge in [-0.15, -0.1) is 0 Å². The Bertz CT molecular complexity index is 415. The molecule has 0 spiro atoms. The van der Waals surface area contributed by atoms with Gasteiger partial charge in [0.1, 0.15) is 17.5 Å². The van der Waals surface area contributed by atoms with E-state index < -0.39 is 5.60 Å². The predicted molar refractivity (Wildman–Crippen MR) is 75.7 cm³/mol. The van der Waals surface area contributed by atoms with E-state index >= 15 is 0 Å². The second-order valence-corrected chi connectivity index (χ2v) is 5.32. The summed E-state index contributed by atoms with van der Waals surface area (Å²) in [5, 5.41) is 13.8. The average molecular weight is 265 g/mol. The lowest BCUT2D eigenvalue weighted by Gasteiger charge is -2.27. The second kappa shape index (κ2) is 6.16. The van der Waals surface area contributed by atoms with Gasteiger partial charge in [0.2, 0.25) is 0 Å². The van der Waals surface area contributed by atoms with Crippen molar-refractivity contribution in [1.29, 1.82) is 0 Å². The molecule has 0 radical (unpaired) electrons. The molecule has 1 fully saturated rings. The molecule has 106 valence electrons. The maximum absolute atomic E-state index is 10.6. The number of nitrogen functional groups attached to an aromatic ring is 1. The van der Waals surface area contributed by atoms with Crippen LogP contribution in [0, 0.1) is 6.92 Å². The normalized spacial score (nSPS) is 18.7. The van der Waals surface area contributed by atoms with Gasteiger partial charge in [0.05, 0.1) is 5.60 Å². The van der Waals surface area contributed by atoms with Crippen LogP contribution in [0.1, 0.15) is 44.3 Å². The van der Waals surface area contributed by atoms with Gasteiger partial charge >= 0.3 is 0 Å². The number of aliphatic hydroxyl groups is 1. The van der Waals surface area contributed by atoms with E-state index in [0.717, 1.165) is 25.7 Å².